The number of hydrogen-bond acceptors (Lipinski definition) is 4. The van der Waals surface area contributed by atoms with E-state index in [9.17, 15) is 23.4 Å². The highest BCUT2D eigenvalue weighted by molar-refractivity contribution is 5.21. The van der Waals surface area contributed by atoms with Gasteiger partial charge >= 0.3 is 6.18 Å². The Hall–Kier alpha value is -1.65. The molecule has 0 aliphatic carbocycles. The smallest absolute Gasteiger partial charge is 0.389 e. The summed E-state index contributed by atoms with van der Waals surface area (Å²) in [6.45, 7) is 0. The highest BCUT2D eigenvalue weighted by Crippen LogP contribution is 2.29. The Kier molecular flexibility index (Phi) is 4.04. The zero-order valence-corrected chi connectivity index (χ0v) is 8.52. The fourth-order valence-electron chi connectivity index (χ4n) is 1.21. The van der Waals surface area contributed by atoms with Gasteiger partial charge in [-0.05, 0) is 17.7 Å². The van der Waals surface area contributed by atoms with Crippen LogP contribution in [0, 0.1) is 11.3 Å². The first kappa shape index (κ1) is 13.4. The average Bonchev–Trinajstić information content (AvgIpc) is 2.27. The molecule has 7 heteroatoms. The third-order valence-corrected chi connectivity index (χ3v) is 2.08. The Labute approximate surface area is 95.0 Å². The number of nitrogens with zero attached hydrogens (tertiary/aromatic N) is 2. The van der Waals surface area contributed by atoms with E-state index < -0.39 is 24.1 Å². The van der Waals surface area contributed by atoms with Crippen molar-refractivity contribution in [3.8, 4) is 6.07 Å². The lowest BCUT2D eigenvalue weighted by atomic mass is 10.0. The molecule has 0 aliphatic rings. The predicted octanol–water partition coefficient (Wildman–Crippen LogP) is 1.41. The number of pyridine rings is 1. The van der Waals surface area contributed by atoms with E-state index >= 15 is 0 Å². The first-order valence-corrected chi connectivity index (χ1v) is 4.62. The van der Waals surface area contributed by atoms with Crippen LogP contribution in [0.3, 0.4) is 0 Å². The molecule has 1 aromatic rings. The monoisotopic (exact) mass is 246 g/mol. The number of alkyl halides is 3. The number of rotatable bonds is 3. The van der Waals surface area contributed by atoms with Gasteiger partial charge in [0, 0.05) is 6.20 Å². The maximum Gasteiger partial charge on any atom is 0.433 e. The van der Waals surface area contributed by atoms with E-state index in [4.69, 9.17) is 5.26 Å². The standard InChI is InChI=1S/C10H9F3N2O2/c11-10(12,13)8-5-6(2-4-15-8)9(17)7(16)1-3-14/h2,4-5,7,9,16-17H,1H2. The predicted molar refractivity (Wildman–Crippen MR) is 50.4 cm³/mol. The number of halogens is 3. The van der Waals surface area contributed by atoms with Crippen molar-refractivity contribution in [3.05, 3.63) is 29.6 Å². The number of aliphatic hydroxyl groups is 2. The molecule has 0 fully saturated rings. The molecule has 17 heavy (non-hydrogen) atoms. The highest BCUT2D eigenvalue weighted by atomic mass is 19.4. The molecule has 2 N–H and O–H groups in total. The molecule has 4 nitrogen and oxygen atoms in total. The Balaban J connectivity index is 2.96. The summed E-state index contributed by atoms with van der Waals surface area (Å²) in [4.78, 5) is 3.12. The van der Waals surface area contributed by atoms with Crippen LogP contribution < -0.4 is 0 Å². The van der Waals surface area contributed by atoms with E-state index in [0.29, 0.717) is 6.07 Å². The lowest BCUT2D eigenvalue weighted by Crippen LogP contribution is -2.18. The fraction of sp³-hybridized carbons (Fsp3) is 0.400. The Morgan fingerprint density at radius 3 is 2.59 bits per heavy atom. The zero-order chi connectivity index (χ0) is 13.1. The second-order valence-corrected chi connectivity index (χ2v) is 3.35. The van der Waals surface area contributed by atoms with Crippen LogP contribution >= 0.6 is 0 Å². The summed E-state index contributed by atoms with van der Waals surface area (Å²) in [6, 6.07) is 3.41. The van der Waals surface area contributed by atoms with Gasteiger partial charge in [0.15, 0.2) is 0 Å². The average molecular weight is 246 g/mol. The van der Waals surface area contributed by atoms with Gasteiger partial charge in [-0.25, -0.2) is 0 Å². The first-order valence-electron chi connectivity index (χ1n) is 4.62. The van der Waals surface area contributed by atoms with Crippen LogP contribution in [-0.2, 0) is 6.18 Å². The van der Waals surface area contributed by atoms with Gasteiger partial charge in [0.25, 0.3) is 0 Å². The molecule has 0 saturated carbocycles. The highest BCUT2D eigenvalue weighted by Gasteiger charge is 2.33. The molecule has 1 aromatic heterocycles. The number of aromatic nitrogens is 1. The van der Waals surface area contributed by atoms with Crippen molar-refractivity contribution in [2.24, 2.45) is 0 Å². The van der Waals surface area contributed by atoms with Crippen molar-refractivity contribution in [2.75, 3.05) is 0 Å². The summed E-state index contributed by atoms with van der Waals surface area (Å²) in [5.74, 6) is 0. The van der Waals surface area contributed by atoms with Gasteiger partial charge in [-0.15, -0.1) is 0 Å². The van der Waals surface area contributed by atoms with Gasteiger partial charge in [-0.1, -0.05) is 0 Å². The summed E-state index contributed by atoms with van der Waals surface area (Å²) in [7, 11) is 0. The van der Waals surface area contributed by atoms with Crippen LogP contribution in [0.1, 0.15) is 23.8 Å². The molecule has 0 radical (unpaired) electrons. The van der Waals surface area contributed by atoms with E-state index in [1.54, 1.807) is 6.07 Å². The maximum absolute atomic E-state index is 12.3. The topological polar surface area (TPSA) is 77.1 Å². The van der Waals surface area contributed by atoms with E-state index in [0.717, 1.165) is 12.3 Å². The van der Waals surface area contributed by atoms with Crippen molar-refractivity contribution in [2.45, 2.75) is 24.8 Å². The number of aliphatic hydroxyl groups excluding tert-OH is 2. The van der Waals surface area contributed by atoms with Crippen LogP contribution in [0.4, 0.5) is 13.2 Å². The third kappa shape index (κ3) is 3.41. The number of hydrogen-bond donors (Lipinski definition) is 2. The van der Waals surface area contributed by atoms with E-state index in [2.05, 4.69) is 4.98 Å². The van der Waals surface area contributed by atoms with Gasteiger partial charge < -0.3 is 10.2 Å². The second-order valence-electron chi connectivity index (χ2n) is 3.35. The molecule has 2 unspecified atom stereocenters. The van der Waals surface area contributed by atoms with Crippen LogP contribution in [-0.4, -0.2) is 21.3 Å². The van der Waals surface area contributed by atoms with Crippen LogP contribution in [0.2, 0.25) is 0 Å². The summed E-state index contributed by atoms with van der Waals surface area (Å²) in [5, 5.41) is 27.1. The molecule has 0 spiro atoms. The van der Waals surface area contributed by atoms with Crippen molar-refractivity contribution < 1.29 is 23.4 Å². The molecule has 0 saturated heterocycles. The lowest BCUT2D eigenvalue weighted by Gasteiger charge is -2.16. The van der Waals surface area contributed by atoms with Gasteiger partial charge in [0.1, 0.15) is 11.8 Å². The van der Waals surface area contributed by atoms with Gasteiger partial charge in [0.2, 0.25) is 0 Å². The van der Waals surface area contributed by atoms with E-state index in [1.165, 1.54) is 0 Å². The normalized spacial score (nSPS) is 15.1. The minimum absolute atomic E-state index is 0.130. The molecule has 92 valence electrons. The summed E-state index contributed by atoms with van der Waals surface area (Å²) < 4.78 is 37.0. The molecule has 0 aliphatic heterocycles. The first-order chi connectivity index (χ1) is 7.86. The van der Waals surface area contributed by atoms with Crippen molar-refractivity contribution in [1.82, 2.24) is 4.98 Å². The van der Waals surface area contributed by atoms with Gasteiger partial charge in [-0.2, -0.15) is 18.4 Å². The quantitative estimate of drug-likeness (QED) is 0.845. The molecule has 0 aromatic carbocycles. The minimum Gasteiger partial charge on any atom is -0.389 e. The van der Waals surface area contributed by atoms with Gasteiger partial charge in [0.05, 0.1) is 18.6 Å². The lowest BCUT2D eigenvalue weighted by molar-refractivity contribution is -0.141. The van der Waals surface area contributed by atoms with Crippen molar-refractivity contribution >= 4 is 0 Å². The van der Waals surface area contributed by atoms with Crippen LogP contribution in [0.5, 0.6) is 0 Å². The van der Waals surface area contributed by atoms with Crippen molar-refractivity contribution in [3.63, 3.8) is 0 Å². The Bertz CT molecular complexity index is 428. The van der Waals surface area contributed by atoms with Crippen LogP contribution in [0.25, 0.3) is 0 Å². The largest absolute Gasteiger partial charge is 0.433 e. The summed E-state index contributed by atoms with van der Waals surface area (Å²) in [6.07, 6.45) is -7.07. The molecule has 1 rings (SSSR count). The molecule has 0 bridgehead atoms. The summed E-state index contributed by atoms with van der Waals surface area (Å²) >= 11 is 0. The van der Waals surface area contributed by atoms with Crippen LogP contribution in [0.15, 0.2) is 18.3 Å². The third-order valence-electron chi connectivity index (χ3n) is 2.08. The Morgan fingerprint density at radius 2 is 2.06 bits per heavy atom. The minimum atomic E-state index is -4.62. The summed E-state index contributed by atoms with van der Waals surface area (Å²) in [5.41, 5.74) is -1.28. The molecular formula is C10H9F3N2O2. The van der Waals surface area contributed by atoms with E-state index in [1.807, 2.05) is 0 Å². The second kappa shape index (κ2) is 5.12. The van der Waals surface area contributed by atoms with Gasteiger partial charge in [-0.3, -0.25) is 4.98 Å². The fourth-order valence-corrected chi connectivity index (χ4v) is 1.21. The van der Waals surface area contributed by atoms with Crippen molar-refractivity contribution in [1.29, 1.82) is 5.26 Å². The maximum atomic E-state index is 12.3. The molecule has 0 amide bonds. The SMILES string of the molecule is N#CCC(O)C(O)c1ccnc(C(F)(F)F)c1. The zero-order valence-electron chi connectivity index (χ0n) is 8.52. The molecule has 1 heterocycles. The molecular weight excluding hydrogens is 237 g/mol. The Morgan fingerprint density at radius 1 is 1.41 bits per heavy atom. The number of nitriles is 1. The van der Waals surface area contributed by atoms with E-state index in [-0.39, 0.29) is 12.0 Å². The molecule has 2 atom stereocenters.